The highest BCUT2D eigenvalue weighted by Gasteiger charge is 2.61. The molecule has 2 bridgehead atoms. The Labute approximate surface area is 124 Å². The standard InChI is InChI=1S/C16H20N2O3/c1-11-7-13-9-16(8-11,14(19)15(20)21-2)18(13)10-12-5-3-4-6-17-12/h3-6,11,13H,7-10H2,1-2H3. The molecule has 1 aromatic rings. The van der Waals surface area contributed by atoms with Crippen LogP contribution in [-0.2, 0) is 20.9 Å². The number of esters is 1. The van der Waals surface area contributed by atoms with Gasteiger partial charge in [0.05, 0.1) is 18.3 Å². The normalized spacial score (nSPS) is 31.3. The molecular weight excluding hydrogens is 268 g/mol. The molecule has 112 valence electrons. The van der Waals surface area contributed by atoms with Gasteiger partial charge in [-0.15, -0.1) is 0 Å². The van der Waals surface area contributed by atoms with Crippen LogP contribution in [0.4, 0.5) is 0 Å². The van der Waals surface area contributed by atoms with Gasteiger partial charge < -0.3 is 4.74 Å². The summed E-state index contributed by atoms with van der Waals surface area (Å²) in [5.41, 5.74) is 0.256. The maximum atomic E-state index is 12.5. The van der Waals surface area contributed by atoms with Crippen LogP contribution in [-0.4, -0.2) is 40.3 Å². The first-order chi connectivity index (χ1) is 10.1. The number of rotatable bonds is 4. The maximum absolute atomic E-state index is 12.5. The van der Waals surface area contributed by atoms with Crippen LogP contribution in [0.15, 0.2) is 24.4 Å². The Kier molecular flexibility index (Phi) is 3.53. The number of carbonyl (C=O) groups excluding carboxylic acids is 2. The predicted molar refractivity (Wildman–Crippen MR) is 76.3 cm³/mol. The summed E-state index contributed by atoms with van der Waals surface area (Å²) < 4.78 is 4.66. The van der Waals surface area contributed by atoms with Crippen molar-refractivity contribution in [2.75, 3.05) is 7.11 Å². The lowest BCUT2D eigenvalue weighted by atomic mass is 9.62. The molecule has 1 aliphatic carbocycles. The number of carbonyl (C=O) groups is 2. The molecule has 0 amide bonds. The van der Waals surface area contributed by atoms with Crippen molar-refractivity contribution in [1.29, 1.82) is 0 Å². The second-order valence-electron chi connectivity index (χ2n) is 6.20. The zero-order valence-corrected chi connectivity index (χ0v) is 12.4. The van der Waals surface area contributed by atoms with E-state index in [0.29, 0.717) is 18.5 Å². The summed E-state index contributed by atoms with van der Waals surface area (Å²) >= 11 is 0. The molecule has 1 aliphatic heterocycles. The van der Waals surface area contributed by atoms with Crippen LogP contribution in [0.25, 0.3) is 0 Å². The maximum Gasteiger partial charge on any atom is 0.376 e. The van der Waals surface area contributed by atoms with Crippen molar-refractivity contribution in [3.8, 4) is 0 Å². The van der Waals surface area contributed by atoms with Gasteiger partial charge >= 0.3 is 5.97 Å². The van der Waals surface area contributed by atoms with E-state index < -0.39 is 17.3 Å². The van der Waals surface area contributed by atoms with Gasteiger partial charge in [0.25, 0.3) is 5.78 Å². The summed E-state index contributed by atoms with van der Waals surface area (Å²) in [6.45, 7) is 2.75. The van der Waals surface area contributed by atoms with Crippen molar-refractivity contribution in [2.45, 2.75) is 44.3 Å². The van der Waals surface area contributed by atoms with Gasteiger partial charge in [-0.05, 0) is 37.3 Å². The molecule has 2 heterocycles. The van der Waals surface area contributed by atoms with E-state index in [1.165, 1.54) is 7.11 Å². The molecule has 3 atom stereocenters. The van der Waals surface area contributed by atoms with Crippen LogP contribution in [0, 0.1) is 5.92 Å². The lowest BCUT2D eigenvalue weighted by Crippen LogP contribution is -2.74. The Hall–Kier alpha value is -1.75. The van der Waals surface area contributed by atoms with Crippen molar-refractivity contribution >= 4 is 11.8 Å². The van der Waals surface area contributed by atoms with E-state index in [1.807, 2.05) is 18.2 Å². The number of ketones is 1. The third-order valence-electron chi connectivity index (χ3n) is 4.78. The Morgan fingerprint density at radius 1 is 1.43 bits per heavy atom. The molecule has 1 saturated carbocycles. The van der Waals surface area contributed by atoms with E-state index >= 15 is 0 Å². The van der Waals surface area contributed by atoms with Gasteiger partial charge in [-0.25, -0.2) is 4.79 Å². The molecule has 2 aliphatic rings. The van der Waals surface area contributed by atoms with Gasteiger partial charge in [0, 0.05) is 18.8 Å². The number of aromatic nitrogens is 1. The summed E-state index contributed by atoms with van der Waals surface area (Å²) in [6, 6.07) is 6.13. The van der Waals surface area contributed by atoms with E-state index in [-0.39, 0.29) is 0 Å². The first-order valence-electron chi connectivity index (χ1n) is 7.36. The van der Waals surface area contributed by atoms with E-state index in [0.717, 1.165) is 25.0 Å². The van der Waals surface area contributed by atoms with Crippen molar-refractivity contribution in [1.82, 2.24) is 9.88 Å². The van der Waals surface area contributed by atoms with E-state index in [1.54, 1.807) is 6.20 Å². The van der Waals surface area contributed by atoms with Gasteiger partial charge in [-0.2, -0.15) is 0 Å². The number of fused-ring (bicyclic) bond motifs is 2. The fourth-order valence-electron chi connectivity index (χ4n) is 3.93. The zero-order valence-electron chi connectivity index (χ0n) is 12.4. The largest absolute Gasteiger partial charge is 0.463 e. The second-order valence-corrected chi connectivity index (χ2v) is 6.20. The number of pyridine rings is 1. The summed E-state index contributed by atoms with van der Waals surface area (Å²) in [6.07, 6.45) is 4.31. The molecule has 1 aromatic heterocycles. The van der Waals surface area contributed by atoms with Gasteiger partial charge in [-0.1, -0.05) is 13.0 Å². The number of hydrogen-bond acceptors (Lipinski definition) is 5. The van der Waals surface area contributed by atoms with Gasteiger partial charge in [0.2, 0.25) is 0 Å². The molecule has 5 nitrogen and oxygen atoms in total. The van der Waals surface area contributed by atoms with Crippen molar-refractivity contribution in [3.05, 3.63) is 30.1 Å². The van der Waals surface area contributed by atoms with E-state index in [9.17, 15) is 9.59 Å². The molecule has 0 radical (unpaired) electrons. The number of nitrogens with zero attached hydrogens (tertiary/aromatic N) is 2. The van der Waals surface area contributed by atoms with E-state index in [2.05, 4.69) is 21.5 Å². The van der Waals surface area contributed by atoms with Crippen LogP contribution in [0.1, 0.15) is 31.9 Å². The molecule has 0 aromatic carbocycles. The average Bonchev–Trinajstić information content (AvgIpc) is 2.51. The molecule has 0 spiro atoms. The highest BCUT2D eigenvalue weighted by molar-refractivity contribution is 6.37. The molecule has 3 rings (SSSR count). The van der Waals surface area contributed by atoms with Gasteiger partial charge in [-0.3, -0.25) is 14.7 Å². The molecule has 21 heavy (non-hydrogen) atoms. The minimum Gasteiger partial charge on any atom is -0.463 e. The van der Waals surface area contributed by atoms with Crippen LogP contribution in [0.2, 0.25) is 0 Å². The van der Waals surface area contributed by atoms with Crippen LogP contribution < -0.4 is 0 Å². The monoisotopic (exact) mass is 288 g/mol. The topological polar surface area (TPSA) is 59.5 Å². The third-order valence-corrected chi connectivity index (χ3v) is 4.78. The quantitative estimate of drug-likeness (QED) is 0.621. The molecule has 3 unspecified atom stereocenters. The summed E-state index contributed by atoms with van der Waals surface area (Å²) in [5.74, 6) is -0.672. The SMILES string of the molecule is COC(=O)C(=O)C12CC(C)CC(C1)N2Cc1ccccn1. The van der Waals surface area contributed by atoms with Gasteiger partial charge in [0.1, 0.15) is 0 Å². The molecular formula is C16H20N2O3. The van der Waals surface area contributed by atoms with Crippen LogP contribution in [0.3, 0.4) is 0 Å². The lowest BCUT2D eigenvalue weighted by molar-refractivity contribution is -0.179. The number of likely N-dealkylation sites (tertiary alicyclic amines) is 1. The Bertz CT molecular complexity index is 560. The fourth-order valence-corrected chi connectivity index (χ4v) is 3.93. The second kappa shape index (κ2) is 5.22. The predicted octanol–water partition coefficient (Wildman–Crippen LogP) is 1.57. The fraction of sp³-hybridized carbons (Fsp3) is 0.562. The Morgan fingerprint density at radius 3 is 2.90 bits per heavy atom. The highest BCUT2D eigenvalue weighted by atomic mass is 16.5. The van der Waals surface area contributed by atoms with Gasteiger partial charge in [0.15, 0.2) is 0 Å². The third kappa shape index (κ3) is 2.25. The smallest absolute Gasteiger partial charge is 0.376 e. The molecule has 0 N–H and O–H groups in total. The number of hydrogen-bond donors (Lipinski definition) is 0. The lowest BCUT2D eigenvalue weighted by Gasteiger charge is -2.62. The number of Topliss-reactive ketones (excluding diaryl/α,β-unsaturated/α-hetero) is 1. The average molecular weight is 288 g/mol. The van der Waals surface area contributed by atoms with Crippen molar-refractivity contribution in [2.24, 2.45) is 5.92 Å². The van der Waals surface area contributed by atoms with Crippen LogP contribution in [0.5, 0.6) is 0 Å². The minimum absolute atomic E-state index is 0.365. The van der Waals surface area contributed by atoms with Crippen molar-refractivity contribution in [3.63, 3.8) is 0 Å². The minimum atomic E-state index is -0.728. The summed E-state index contributed by atoms with van der Waals surface area (Å²) in [5, 5.41) is 0. The van der Waals surface area contributed by atoms with Crippen molar-refractivity contribution < 1.29 is 14.3 Å². The summed E-state index contributed by atoms with van der Waals surface area (Å²) in [7, 11) is 1.27. The number of ether oxygens (including phenoxy) is 1. The Balaban J connectivity index is 1.85. The molecule has 1 saturated heterocycles. The number of piperidine rings is 1. The van der Waals surface area contributed by atoms with E-state index in [4.69, 9.17) is 0 Å². The molecule has 2 fully saturated rings. The zero-order chi connectivity index (χ0) is 15.0. The number of methoxy groups -OCH3 is 1. The first kappa shape index (κ1) is 14.2. The highest BCUT2D eigenvalue weighted by Crippen LogP contribution is 2.50. The summed E-state index contributed by atoms with van der Waals surface area (Å²) in [4.78, 5) is 30.7. The van der Waals surface area contributed by atoms with Crippen LogP contribution >= 0.6 is 0 Å². The molecule has 5 heteroatoms. The Morgan fingerprint density at radius 2 is 2.24 bits per heavy atom. The first-order valence-corrected chi connectivity index (χ1v) is 7.36.